The molecule has 334 valence electrons. The SMILES string of the molecule is Br.CN(C)CCCSc1c2ccccc2nc2cc(NCC(=O)Nc3ccccc3-c3ccccc3NC(=O)CNc3ccc4c(SCCCN(C)C)c5ccccc5nc4c3)ccc12. The normalized spacial score (nSPS) is 11.4. The van der Waals surface area contributed by atoms with E-state index in [9.17, 15) is 9.59 Å². The van der Waals surface area contributed by atoms with Crippen LogP contribution >= 0.6 is 40.5 Å². The van der Waals surface area contributed by atoms with E-state index in [0.717, 1.165) is 104 Å². The summed E-state index contributed by atoms with van der Waals surface area (Å²) in [5.74, 6) is 1.62. The maximum Gasteiger partial charge on any atom is 0.243 e. The highest BCUT2D eigenvalue weighted by molar-refractivity contribution is 8.93. The average molecular weight is 968 g/mol. The zero-order valence-electron chi connectivity index (χ0n) is 37.2. The molecule has 0 saturated heterocycles. The molecule has 4 N–H and O–H groups in total. The first kappa shape index (κ1) is 47.3. The fourth-order valence-electron chi connectivity index (χ4n) is 7.76. The molecule has 6 aromatic carbocycles. The molecule has 0 radical (unpaired) electrons. The topological polar surface area (TPSA) is 115 Å². The van der Waals surface area contributed by atoms with Crippen molar-refractivity contribution in [3.05, 3.63) is 133 Å². The van der Waals surface area contributed by atoms with Gasteiger partial charge in [-0.25, -0.2) is 9.97 Å². The van der Waals surface area contributed by atoms with Gasteiger partial charge in [0.05, 0.1) is 35.2 Å². The van der Waals surface area contributed by atoms with Gasteiger partial charge < -0.3 is 31.1 Å². The predicted octanol–water partition coefficient (Wildman–Crippen LogP) is 11.5. The third kappa shape index (κ3) is 12.0. The Kier molecular flexibility index (Phi) is 16.3. The number of rotatable bonds is 19. The van der Waals surface area contributed by atoms with Gasteiger partial charge in [-0.15, -0.1) is 40.5 Å². The summed E-state index contributed by atoms with van der Waals surface area (Å²) in [6, 6.07) is 44.1. The summed E-state index contributed by atoms with van der Waals surface area (Å²) in [6.45, 7) is 2.19. The summed E-state index contributed by atoms with van der Waals surface area (Å²) >= 11 is 3.75. The van der Waals surface area contributed by atoms with Crippen molar-refractivity contribution in [1.29, 1.82) is 0 Å². The van der Waals surface area contributed by atoms with Gasteiger partial charge in [0.1, 0.15) is 0 Å². The fraction of sp³-hybridized carbons (Fsp3) is 0.231. The quantitative estimate of drug-likeness (QED) is 0.0355. The standard InChI is InChI=1S/C52H54N8O2S2.BrH/c1-59(2)27-13-29-63-51-39-17-7-11-21-45(39)55-47-31-35(23-25-41(47)51)53-33-49(61)57-43-19-9-5-15-37(43)38-16-6-10-20-44(38)58-50(62)34-54-36-24-26-42-48(32-36)56-46-22-12-8-18-40(46)52(42)64-30-14-28-60(3)4;/h5-12,15-26,31-32,53-54H,13-14,27-30,33-34H2,1-4H3,(H,57,61)(H,58,62);1H. The monoisotopic (exact) mass is 966 g/mol. The molecule has 0 saturated carbocycles. The van der Waals surface area contributed by atoms with Gasteiger partial charge in [0.2, 0.25) is 11.8 Å². The molecule has 65 heavy (non-hydrogen) atoms. The maximum absolute atomic E-state index is 13.5. The molecule has 2 amide bonds. The summed E-state index contributed by atoms with van der Waals surface area (Å²) in [4.78, 5) is 43.9. The summed E-state index contributed by atoms with van der Waals surface area (Å²) < 4.78 is 0. The average Bonchev–Trinajstić information content (AvgIpc) is 3.29. The molecule has 2 heterocycles. The lowest BCUT2D eigenvalue weighted by Crippen LogP contribution is -2.23. The van der Waals surface area contributed by atoms with Crippen LogP contribution in [0, 0.1) is 0 Å². The lowest BCUT2D eigenvalue weighted by atomic mass is 10.0. The second-order valence-electron chi connectivity index (χ2n) is 16.3. The van der Waals surface area contributed by atoms with Crippen molar-refractivity contribution < 1.29 is 9.59 Å². The van der Waals surface area contributed by atoms with Crippen LogP contribution in [0.25, 0.3) is 54.7 Å². The van der Waals surface area contributed by atoms with E-state index in [1.165, 1.54) is 9.79 Å². The molecule has 0 aliphatic rings. The van der Waals surface area contributed by atoms with E-state index in [2.05, 4.69) is 108 Å². The second kappa shape index (κ2) is 22.5. The molecule has 0 aliphatic heterocycles. The number of anilines is 4. The molecule has 10 nitrogen and oxygen atoms in total. The van der Waals surface area contributed by atoms with Gasteiger partial charge in [0.25, 0.3) is 0 Å². The molecule has 13 heteroatoms. The molecular formula is C52H55BrN8O2S2. The number of benzene rings is 6. The minimum absolute atomic E-state index is 0. The Labute approximate surface area is 400 Å². The summed E-state index contributed by atoms with van der Waals surface area (Å²) in [5.41, 5.74) is 8.17. The maximum atomic E-state index is 13.5. The molecule has 0 spiro atoms. The van der Waals surface area contributed by atoms with Crippen LogP contribution < -0.4 is 21.3 Å². The summed E-state index contributed by atoms with van der Waals surface area (Å²) in [5, 5.41) is 17.4. The van der Waals surface area contributed by atoms with E-state index in [1.54, 1.807) is 0 Å². The number of nitrogens with one attached hydrogen (secondary N) is 4. The molecule has 2 aromatic heterocycles. The van der Waals surface area contributed by atoms with Crippen molar-refractivity contribution in [3.63, 3.8) is 0 Å². The Morgan fingerprint density at radius 1 is 0.492 bits per heavy atom. The van der Waals surface area contributed by atoms with Crippen molar-refractivity contribution in [2.45, 2.75) is 22.6 Å². The first-order valence-electron chi connectivity index (χ1n) is 21.7. The molecule has 0 unspecified atom stereocenters. The van der Waals surface area contributed by atoms with Crippen LogP contribution in [-0.4, -0.2) is 97.5 Å². The smallest absolute Gasteiger partial charge is 0.243 e. The lowest BCUT2D eigenvalue weighted by molar-refractivity contribution is -0.115. The van der Waals surface area contributed by atoms with Gasteiger partial charge in [-0.05, 0) is 126 Å². The van der Waals surface area contributed by atoms with Crippen molar-refractivity contribution >= 4 is 119 Å². The lowest BCUT2D eigenvalue weighted by Gasteiger charge is -2.16. The van der Waals surface area contributed by atoms with Gasteiger partial charge in [-0.3, -0.25) is 9.59 Å². The highest BCUT2D eigenvalue weighted by atomic mass is 79.9. The van der Waals surface area contributed by atoms with Crippen LogP contribution in [0.15, 0.2) is 143 Å². The highest BCUT2D eigenvalue weighted by Crippen LogP contribution is 2.38. The number of carbonyl (C=O) groups is 2. The van der Waals surface area contributed by atoms with E-state index in [-0.39, 0.29) is 41.9 Å². The summed E-state index contributed by atoms with van der Waals surface area (Å²) in [7, 11) is 8.41. The van der Waals surface area contributed by atoms with E-state index < -0.39 is 0 Å². The van der Waals surface area contributed by atoms with Crippen LogP contribution in [0.4, 0.5) is 22.7 Å². The third-order valence-electron chi connectivity index (χ3n) is 10.9. The summed E-state index contributed by atoms with van der Waals surface area (Å²) in [6.07, 6.45) is 2.18. The zero-order chi connectivity index (χ0) is 44.4. The molecule has 0 atom stereocenters. The van der Waals surface area contributed by atoms with Crippen LogP contribution in [0.2, 0.25) is 0 Å². The minimum atomic E-state index is -0.199. The second-order valence-corrected chi connectivity index (χ2v) is 18.5. The van der Waals surface area contributed by atoms with Crippen molar-refractivity contribution in [1.82, 2.24) is 19.8 Å². The van der Waals surface area contributed by atoms with Gasteiger partial charge >= 0.3 is 0 Å². The number of hydrogen-bond acceptors (Lipinski definition) is 10. The Morgan fingerprint density at radius 3 is 1.31 bits per heavy atom. The van der Waals surface area contributed by atoms with Crippen LogP contribution in [-0.2, 0) is 9.59 Å². The van der Waals surface area contributed by atoms with Gasteiger partial charge in [0.15, 0.2) is 0 Å². The number of halogens is 1. The number of pyridine rings is 2. The number of nitrogens with zero attached hydrogens (tertiary/aromatic N) is 4. The molecule has 8 aromatic rings. The van der Waals surface area contributed by atoms with E-state index in [1.807, 2.05) is 108 Å². The number of aromatic nitrogens is 2. The molecule has 0 aliphatic carbocycles. The van der Waals surface area contributed by atoms with Crippen molar-refractivity contribution in [2.24, 2.45) is 0 Å². The molecular weight excluding hydrogens is 913 g/mol. The minimum Gasteiger partial charge on any atom is -0.376 e. The third-order valence-corrected chi connectivity index (χ3v) is 13.3. The van der Waals surface area contributed by atoms with Crippen LogP contribution in [0.1, 0.15) is 12.8 Å². The number of fused-ring (bicyclic) bond motifs is 4. The number of amides is 2. The highest BCUT2D eigenvalue weighted by Gasteiger charge is 2.16. The zero-order valence-corrected chi connectivity index (χ0v) is 40.5. The number of carbonyl (C=O) groups excluding carboxylic acids is 2. The van der Waals surface area contributed by atoms with Crippen molar-refractivity contribution in [3.8, 4) is 11.1 Å². The number of para-hydroxylation sites is 4. The van der Waals surface area contributed by atoms with E-state index >= 15 is 0 Å². The Hall–Kier alpha value is -5.70. The van der Waals surface area contributed by atoms with Gasteiger partial charge in [0, 0.05) is 65.2 Å². The van der Waals surface area contributed by atoms with E-state index in [0.29, 0.717) is 11.4 Å². The first-order chi connectivity index (χ1) is 31.2. The Bertz CT molecular complexity index is 2750. The van der Waals surface area contributed by atoms with Crippen LogP contribution in [0.5, 0.6) is 0 Å². The largest absolute Gasteiger partial charge is 0.376 e. The van der Waals surface area contributed by atoms with E-state index in [4.69, 9.17) is 9.97 Å². The molecule has 0 bridgehead atoms. The first-order valence-corrected chi connectivity index (χ1v) is 23.6. The number of hydrogen-bond donors (Lipinski definition) is 4. The fourth-order valence-corrected chi connectivity index (χ4v) is 10.0. The predicted molar refractivity (Wildman–Crippen MR) is 283 cm³/mol. The van der Waals surface area contributed by atoms with Crippen molar-refractivity contribution in [2.75, 3.05) is 87.1 Å². The van der Waals surface area contributed by atoms with Gasteiger partial charge in [-0.1, -0.05) is 72.8 Å². The van der Waals surface area contributed by atoms with Crippen LogP contribution in [0.3, 0.4) is 0 Å². The van der Waals surface area contributed by atoms with Gasteiger partial charge in [-0.2, -0.15) is 0 Å². The number of thioether (sulfide) groups is 2. The Morgan fingerprint density at radius 2 is 0.877 bits per heavy atom. The Balaban J connectivity index is 0.00000630. The molecule has 8 rings (SSSR count). The molecule has 0 fully saturated rings.